The van der Waals surface area contributed by atoms with E-state index in [0.29, 0.717) is 0 Å². The lowest BCUT2D eigenvalue weighted by atomic mass is 10.1. The van der Waals surface area contributed by atoms with Gasteiger partial charge in [0.25, 0.3) is 0 Å². The van der Waals surface area contributed by atoms with E-state index < -0.39 is 18.0 Å². The minimum Gasteiger partial charge on any atom is -0.306 e. The Bertz CT molecular complexity index is 291. The third-order valence-electron chi connectivity index (χ3n) is 1.82. The first-order chi connectivity index (χ1) is 6.45. The Hall–Kier alpha value is -1.10. The molecule has 0 fully saturated rings. The molecule has 0 radical (unpaired) electrons. The monoisotopic (exact) mass is 207 g/mol. The second-order valence-corrected chi connectivity index (χ2v) is 2.81. The third-order valence-corrected chi connectivity index (χ3v) is 1.82. The zero-order valence-electron chi connectivity index (χ0n) is 7.40. The van der Waals surface area contributed by atoms with Gasteiger partial charge in [-0.25, -0.2) is 4.39 Å². The highest BCUT2D eigenvalue weighted by Crippen LogP contribution is 2.32. The van der Waals surface area contributed by atoms with E-state index in [1.807, 2.05) is 0 Å². The molecule has 0 heterocycles. The summed E-state index contributed by atoms with van der Waals surface area (Å²) in [6.45, 7) is 0. The van der Waals surface area contributed by atoms with Crippen LogP contribution in [0.25, 0.3) is 0 Å². The Labute approximate surface area is 78.7 Å². The minimum atomic E-state index is -4.37. The second kappa shape index (κ2) is 3.96. The predicted molar refractivity (Wildman–Crippen MR) is 44.3 cm³/mol. The Morgan fingerprint density at radius 1 is 1.14 bits per heavy atom. The lowest BCUT2D eigenvalue weighted by Gasteiger charge is -2.19. The van der Waals surface area contributed by atoms with Crippen LogP contribution in [-0.2, 0) is 0 Å². The molecule has 1 nitrogen and oxygen atoms in total. The molecule has 1 aromatic carbocycles. The molecule has 0 bridgehead atoms. The first-order valence-electron chi connectivity index (χ1n) is 3.94. The summed E-state index contributed by atoms with van der Waals surface area (Å²) in [5, 5.41) is 2.13. The maximum Gasteiger partial charge on any atom is 0.407 e. The van der Waals surface area contributed by atoms with Crippen molar-refractivity contribution in [1.29, 1.82) is 0 Å². The van der Waals surface area contributed by atoms with Crippen LogP contribution < -0.4 is 5.32 Å². The summed E-state index contributed by atoms with van der Waals surface area (Å²) >= 11 is 0. The van der Waals surface area contributed by atoms with E-state index in [4.69, 9.17) is 0 Å². The Morgan fingerprint density at radius 2 is 1.64 bits per heavy atom. The molecule has 1 N–H and O–H groups in total. The highest BCUT2D eigenvalue weighted by atomic mass is 19.4. The molecule has 1 rings (SSSR count). The first-order valence-corrected chi connectivity index (χ1v) is 3.94. The lowest BCUT2D eigenvalue weighted by Crippen LogP contribution is -2.31. The molecule has 1 aromatic rings. The predicted octanol–water partition coefficient (Wildman–Crippen LogP) is 2.65. The first kappa shape index (κ1) is 11.0. The molecule has 1 unspecified atom stereocenters. The molecule has 0 amide bonds. The summed E-state index contributed by atoms with van der Waals surface area (Å²) in [7, 11) is 1.21. The Kier molecular flexibility index (Phi) is 3.10. The fraction of sp³-hybridized carbons (Fsp3) is 0.333. The van der Waals surface area contributed by atoms with E-state index >= 15 is 0 Å². The second-order valence-electron chi connectivity index (χ2n) is 2.81. The van der Waals surface area contributed by atoms with Crippen molar-refractivity contribution in [2.75, 3.05) is 7.05 Å². The van der Waals surface area contributed by atoms with Gasteiger partial charge in [0.2, 0.25) is 0 Å². The van der Waals surface area contributed by atoms with E-state index in [1.165, 1.54) is 7.05 Å². The maximum atomic E-state index is 12.4. The van der Waals surface area contributed by atoms with Crippen molar-refractivity contribution in [3.05, 3.63) is 35.6 Å². The minimum absolute atomic E-state index is 0.00130. The van der Waals surface area contributed by atoms with Gasteiger partial charge in [-0.3, -0.25) is 0 Å². The lowest BCUT2D eigenvalue weighted by molar-refractivity contribution is -0.156. The standard InChI is InChI=1S/C9H9F4N/c1-14-8(9(11,12)13)6-2-4-7(10)5-3-6/h2-5,8,14H,1H3. The Morgan fingerprint density at radius 3 is 2.00 bits per heavy atom. The van der Waals surface area contributed by atoms with Crippen LogP contribution in [0.15, 0.2) is 24.3 Å². The van der Waals surface area contributed by atoms with Crippen LogP contribution >= 0.6 is 0 Å². The van der Waals surface area contributed by atoms with Gasteiger partial charge in [-0.1, -0.05) is 12.1 Å². The summed E-state index contributed by atoms with van der Waals surface area (Å²) in [6, 6.07) is 2.49. The van der Waals surface area contributed by atoms with Gasteiger partial charge >= 0.3 is 6.18 Å². The van der Waals surface area contributed by atoms with Crippen LogP contribution in [-0.4, -0.2) is 13.2 Å². The summed E-state index contributed by atoms with van der Waals surface area (Å²) in [4.78, 5) is 0. The van der Waals surface area contributed by atoms with Gasteiger partial charge in [-0.15, -0.1) is 0 Å². The number of hydrogen-bond donors (Lipinski definition) is 1. The van der Waals surface area contributed by atoms with Crippen LogP contribution in [0.5, 0.6) is 0 Å². The van der Waals surface area contributed by atoms with Crippen LogP contribution in [0, 0.1) is 5.82 Å². The van der Waals surface area contributed by atoms with Crippen molar-refractivity contribution in [2.45, 2.75) is 12.2 Å². The van der Waals surface area contributed by atoms with Crippen LogP contribution in [0.3, 0.4) is 0 Å². The molecule has 1 atom stereocenters. The molecule has 0 spiro atoms. The van der Waals surface area contributed by atoms with Crippen LogP contribution in [0.4, 0.5) is 17.6 Å². The molecular formula is C9H9F4N. The zero-order valence-corrected chi connectivity index (χ0v) is 7.40. The van der Waals surface area contributed by atoms with Crippen molar-refractivity contribution < 1.29 is 17.6 Å². The fourth-order valence-electron chi connectivity index (χ4n) is 1.17. The molecular weight excluding hydrogens is 198 g/mol. The summed E-state index contributed by atoms with van der Waals surface area (Å²) < 4.78 is 49.5. The number of halogens is 4. The van der Waals surface area contributed by atoms with Crippen LogP contribution in [0.2, 0.25) is 0 Å². The molecule has 0 aliphatic heterocycles. The van der Waals surface area contributed by atoms with Gasteiger partial charge in [0.15, 0.2) is 0 Å². The molecule has 0 aliphatic carbocycles. The largest absolute Gasteiger partial charge is 0.407 e. The van der Waals surface area contributed by atoms with Gasteiger partial charge in [-0.05, 0) is 24.7 Å². The quantitative estimate of drug-likeness (QED) is 0.735. The molecule has 5 heteroatoms. The van der Waals surface area contributed by atoms with E-state index in [2.05, 4.69) is 5.32 Å². The highest BCUT2D eigenvalue weighted by molar-refractivity contribution is 5.21. The number of hydrogen-bond acceptors (Lipinski definition) is 1. The van der Waals surface area contributed by atoms with Crippen molar-refractivity contribution in [3.63, 3.8) is 0 Å². The Balaban J connectivity index is 2.96. The third kappa shape index (κ3) is 2.45. The average Bonchev–Trinajstić information content (AvgIpc) is 2.07. The van der Waals surface area contributed by atoms with Gasteiger partial charge in [0, 0.05) is 0 Å². The van der Waals surface area contributed by atoms with E-state index in [-0.39, 0.29) is 5.56 Å². The van der Waals surface area contributed by atoms with Gasteiger partial charge in [0.05, 0.1) is 0 Å². The number of alkyl halides is 3. The number of rotatable bonds is 2. The van der Waals surface area contributed by atoms with Gasteiger partial charge in [-0.2, -0.15) is 13.2 Å². The molecule has 0 saturated heterocycles. The topological polar surface area (TPSA) is 12.0 Å². The number of benzene rings is 1. The van der Waals surface area contributed by atoms with E-state index in [1.54, 1.807) is 0 Å². The van der Waals surface area contributed by atoms with Crippen molar-refractivity contribution in [3.8, 4) is 0 Å². The maximum absolute atomic E-state index is 12.4. The normalized spacial score (nSPS) is 14.1. The summed E-state index contributed by atoms with van der Waals surface area (Å²) in [5.74, 6) is -0.550. The van der Waals surface area contributed by atoms with Crippen molar-refractivity contribution in [2.24, 2.45) is 0 Å². The van der Waals surface area contributed by atoms with Gasteiger partial charge in [0.1, 0.15) is 11.9 Å². The van der Waals surface area contributed by atoms with Crippen LogP contribution in [0.1, 0.15) is 11.6 Å². The smallest absolute Gasteiger partial charge is 0.306 e. The van der Waals surface area contributed by atoms with Gasteiger partial charge < -0.3 is 5.32 Å². The molecule has 78 valence electrons. The SMILES string of the molecule is CNC(c1ccc(F)cc1)C(F)(F)F. The summed E-state index contributed by atoms with van der Waals surface area (Å²) in [6.07, 6.45) is -4.37. The fourth-order valence-corrected chi connectivity index (χ4v) is 1.17. The number of nitrogens with one attached hydrogen (secondary N) is 1. The zero-order chi connectivity index (χ0) is 10.8. The molecule has 0 saturated carbocycles. The molecule has 0 aromatic heterocycles. The molecule has 14 heavy (non-hydrogen) atoms. The van der Waals surface area contributed by atoms with E-state index in [0.717, 1.165) is 24.3 Å². The van der Waals surface area contributed by atoms with Crippen molar-refractivity contribution >= 4 is 0 Å². The average molecular weight is 207 g/mol. The van der Waals surface area contributed by atoms with E-state index in [9.17, 15) is 17.6 Å². The van der Waals surface area contributed by atoms with Crippen molar-refractivity contribution in [1.82, 2.24) is 5.32 Å². The summed E-state index contributed by atoms with van der Waals surface area (Å²) in [5.41, 5.74) is 0.00130. The molecule has 0 aliphatic rings. The highest BCUT2D eigenvalue weighted by Gasteiger charge is 2.39.